The normalized spacial score (nSPS) is 12.3. The summed E-state index contributed by atoms with van der Waals surface area (Å²) < 4.78 is 25.5. The number of rotatable bonds is 7. The Morgan fingerprint density at radius 1 is 1.69 bits per heavy atom. The van der Waals surface area contributed by atoms with E-state index in [4.69, 9.17) is 14.1 Å². The van der Waals surface area contributed by atoms with Crippen molar-refractivity contribution in [3.8, 4) is 0 Å². The largest absolute Gasteiger partial charge is 0.480 e. The van der Waals surface area contributed by atoms with E-state index in [2.05, 4.69) is 15.5 Å². The molecule has 1 rings (SSSR count). The molecule has 0 saturated carbocycles. The van der Waals surface area contributed by atoms with Crippen LogP contribution in [0.15, 0.2) is 10.8 Å². The van der Waals surface area contributed by atoms with Crippen molar-refractivity contribution in [2.75, 3.05) is 23.9 Å². The molecule has 0 aliphatic carbocycles. The summed E-state index contributed by atoms with van der Waals surface area (Å²) in [5.41, 5.74) is 0. The number of carboxylic acid groups (broad SMARTS) is 1. The highest BCUT2D eigenvalue weighted by molar-refractivity contribution is 7.80. The van der Waals surface area contributed by atoms with Crippen LogP contribution in [0.3, 0.4) is 0 Å². The standard InChI is InChI=1S/C6H10N4O5S/c11-5(12)3-7-1-2-10(16(13)14)6-9-8-4-15-6/h4,7H,1-3H2,(H,11,12)(H,13,14). The quantitative estimate of drug-likeness (QED) is 0.401. The van der Waals surface area contributed by atoms with Gasteiger partial charge in [0.15, 0.2) is 0 Å². The van der Waals surface area contributed by atoms with E-state index in [0.29, 0.717) is 0 Å². The molecule has 16 heavy (non-hydrogen) atoms. The summed E-state index contributed by atoms with van der Waals surface area (Å²) in [6, 6.07) is -0.0991. The Labute approximate surface area is 92.9 Å². The van der Waals surface area contributed by atoms with Gasteiger partial charge < -0.3 is 14.8 Å². The number of anilines is 1. The van der Waals surface area contributed by atoms with Crippen LogP contribution in [0, 0.1) is 0 Å². The molecule has 1 atom stereocenters. The Balaban J connectivity index is 2.41. The van der Waals surface area contributed by atoms with Crippen molar-refractivity contribution in [1.82, 2.24) is 15.5 Å². The van der Waals surface area contributed by atoms with E-state index < -0.39 is 17.2 Å². The number of aliphatic carboxylic acids is 1. The maximum Gasteiger partial charge on any atom is 0.331 e. The van der Waals surface area contributed by atoms with E-state index in [-0.39, 0.29) is 25.6 Å². The zero-order valence-electron chi connectivity index (χ0n) is 8.07. The summed E-state index contributed by atoms with van der Waals surface area (Å²) in [4.78, 5) is 10.2. The molecule has 0 saturated heterocycles. The fraction of sp³-hybridized carbons (Fsp3) is 0.500. The van der Waals surface area contributed by atoms with Crippen LogP contribution >= 0.6 is 0 Å². The minimum Gasteiger partial charge on any atom is -0.480 e. The first-order valence-corrected chi connectivity index (χ1v) is 5.25. The molecule has 0 bridgehead atoms. The van der Waals surface area contributed by atoms with Crippen molar-refractivity contribution < 1.29 is 23.1 Å². The van der Waals surface area contributed by atoms with E-state index in [1.54, 1.807) is 0 Å². The summed E-state index contributed by atoms with van der Waals surface area (Å²) in [5, 5.41) is 17.7. The van der Waals surface area contributed by atoms with Gasteiger partial charge in [0, 0.05) is 6.54 Å². The molecule has 10 heteroatoms. The van der Waals surface area contributed by atoms with Gasteiger partial charge in [0.1, 0.15) is 0 Å². The van der Waals surface area contributed by atoms with Crippen LogP contribution in [0.5, 0.6) is 0 Å². The van der Waals surface area contributed by atoms with Crippen molar-refractivity contribution in [1.29, 1.82) is 0 Å². The number of carboxylic acids is 1. The van der Waals surface area contributed by atoms with Gasteiger partial charge in [-0.15, -0.1) is 5.10 Å². The molecule has 90 valence electrons. The highest BCUT2D eigenvalue weighted by atomic mass is 32.2. The van der Waals surface area contributed by atoms with E-state index >= 15 is 0 Å². The first-order valence-electron chi connectivity index (χ1n) is 4.18. The molecule has 1 unspecified atom stereocenters. The molecule has 0 aliphatic heterocycles. The van der Waals surface area contributed by atoms with E-state index in [1.165, 1.54) is 0 Å². The fourth-order valence-electron chi connectivity index (χ4n) is 0.892. The molecule has 0 radical (unpaired) electrons. The highest BCUT2D eigenvalue weighted by Crippen LogP contribution is 2.09. The number of nitrogens with zero attached hydrogens (tertiary/aromatic N) is 3. The van der Waals surface area contributed by atoms with Gasteiger partial charge in [0.2, 0.25) is 6.39 Å². The summed E-state index contributed by atoms with van der Waals surface area (Å²) in [6.45, 7) is 0.0370. The number of carbonyl (C=O) groups is 1. The zero-order chi connectivity index (χ0) is 12.0. The summed E-state index contributed by atoms with van der Waals surface area (Å²) in [6.07, 6.45) is 1.03. The lowest BCUT2D eigenvalue weighted by Crippen LogP contribution is -2.35. The van der Waals surface area contributed by atoms with Gasteiger partial charge in [-0.05, 0) is 0 Å². The molecule has 1 heterocycles. The minimum atomic E-state index is -2.30. The fourth-order valence-corrected chi connectivity index (χ4v) is 1.35. The lowest BCUT2D eigenvalue weighted by Gasteiger charge is -2.14. The van der Waals surface area contributed by atoms with Gasteiger partial charge in [0.25, 0.3) is 11.3 Å². The molecule has 0 spiro atoms. The molecular weight excluding hydrogens is 240 g/mol. The maximum atomic E-state index is 10.9. The van der Waals surface area contributed by atoms with Gasteiger partial charge in [-0.25, -0.2) is 8.51 Å². The van der Waals surface area contributed by atoms with Crippen LogP contribution < -0.4 is 9.62 Å². The Morgan fingerprint density at radius 3 is 2.94 bits per heavy atom. The minimum absolute atomic E-state index is 0.0680. The average Bonchev–Trinajstić information content (AvgIpc) is 2.69. The van der Waals surface area contributed by atoms with Gasteiger partial charge in [0.05, 0.1) is 13.1 Å². The third kappa shape index (κ3) is 3.92. The second kappa shape index (κ2) is 6.15. The lowest BCUT2D eigenvalue weighted by atomic mass is 10.5. The van der Waals surface area contributed by atoms with Crippen molar-refractivity contribution in [2.24, 2.45) is 0 Å². The van der Waals surface area contributed by atoms with Crippen molar-refractivity contribution >= 4 is 23.3 Å². The van der Waals surface area contributed by atoms with Crippen LogP contribution in [0.1, 0.15) is 0 Å². The first kappa shape index (κ1) is 12.5. The van der Waals surface area contributed by atoms with E-state index in [9.17, 15) is 9.00 Å². The van der Waals surface area contributed by atoms with Crippen LogP contribution in [0.25, 0.3) is 0 Å². The number of nitrogens with one attached hydrogen (secondary N) is 1. The highest BCUT2D eigenvalue weighted by Gasteiger charge is 2.16. The monoisotopic (exact) mass is 250 g/mol. The van der Waals surface area contributed by atoms with Crippen molar-refractivity contribution in [2.45, 2.75) is 0 Å². The summed E-state index contributed by atoms with van der Waals surface area (Å²) >= 11 is -2.30. The maximum absolute atomic E-state index is 10.9. The molecule has 1 aromatic heterocycles. The number of hydrogen-bond donors (Lipinski definition) is 3. The summed E-state index contributed by atoms with van der Waals surface area (Å²) in [5.74, 6) is -1.01. The molecule has 1 aromatic rings. The van der Waals surface area contributed by atoms with Crippen molar-refractivity contribution in [3.63, 3.8) is 0 Å². The molecule has 0 aromatic carbocycles. The third-order valence-corrected chi connectivity index (χ3v) is 2.23. The Kier molecular flexibility index (Phi) is 4.82. The predicted molar refractivity (Wildman–Crippen MR) is 52.9 cm³/mol. The van der Waals surface area contributed by atoms with Gasteiger partial charge in [-0.1, -0.05) is 5.10 Å². The van der Waals surface area contributed by atoms with E-state index in [1.807, 2.05) is 0 Å². The van der Waals surface area contributed by atoms with E-state index in [0.717, 1.165) is 10.7 Å². The number of aromatic nitrogens is 2. The molecular formula is C6H10N4O5S. The average molecular weight is 250 g/mol. The van der Waals surface area contributed by atoms with Crippen LogP contribution in [0.4, 0.5) is 6.01 Å². The Bertz CT molecular complexity index is 356. The number of hydrogen-bond acceptors (Lipinski definition) is 6. The molecule has 0 amide bonds. The van der Waals surface area contributed by atoms with Crippen LogP contribution in [-0.2, 0) is 16.1 Å². The van der Waals surface area contributed by atoms with Crippen molar-refractivity contribution in [3.05, 3.63) is 6.39 Å². The second-order valence-electron chi connectivity index (χ2n) is 2.62. The van der Waals surface area contributed by atoms with Gasteiger partial charge in [-0.2, -0.15) is 0 Å². The first-order chi connectivity index (χ1) is 7.61. The molecule has 3 N–H and O–H groups in total. The molecule has 0 fully saturated rings. The summed E-state index contributed by atoms with van der Waals surface area (Å²) in [7, 11) is 0. The van der Waals surface area contributed by atoms with Crippen LogP contribution in [0.2, 0.25) is 0 Å². The predicted octanol–water partition coefficient (Wildman–Crippen LogP) is -1.31. The second-order valence-corrected chi connectivity index (χ2v) is 3.53. The van der Waals surface area contributed by atoms with Gasteiger partial charge >= 0.3 is 12.0 Å². The Morgan fingerprint density at radius 2 is 2.44 bits per heavy atom. The molecule has 9 nitrogen and oxygen atoms in total. The van der Waals surface area contributed by atoms with Gasteiger partial charge in [-0.3, -0.25) is 9.35 Å². The van der Waals surface area contributed by atoms with Crippen LogP contribution in [-0.4, -0.2) is 49.7 Å². The third-order valence-electron chi connectivity index (χ3n) is 1.52. The molecule has 0 aliphatic rings. The lowest BCUT2D eigenvalue weighted by molar-refractivity contribution is -0.135. The zero-order valence-corrected chi connectivity index (χ0v) is 8.88. The SMILES string of the molecule is O=C(O)CNCCN(c1nnco1)S(=O)O. The topological polar surface area (TPSA) is 129 Å². The smallest absolute Gasteiger partial charge is 0.331 e. The Hall–Kier alpha value is -1.52.